The number of hydrogen-bond donors (Lipinski definition) is 4. The number of carbonyl (C=O) groups is 4. The molecule has 1 aromatic carbocycles. The van der Waals surface area contributed by atoms with Crippen LogP contribution in [0.4, 0.5) is 4.79 Å². The molecule has 1 aromatic rings. The molecular formula is C28H44N4O6. The first kappa shape index (κ1) is 30.9. The number of unbranched alkanes of at least 4 members (excludes halogenated alkanes) is 2. The Balaban J connectivity index is 2.47. The molecular weight excluding hydrogens is 488 g/mol. The molecule has 1 fully saturated rings. The molecule has 1 saturated carbocycles. The van der Waals surface area contributed by atoms with Gasteiger partial charge in [0.25, 0.3) is 0 Å². The van der Waals surface area contributed by atoms with Gasteiger partial charge in [0.05, 0.1) is 0 Å². The van der Waals surface area contributed by atoms with Gasteiger partial charge in [-0.2, -0.15) is 0 Å². The molecule has 38 heavy (non-hydrogen) atoms. The standard InChI is InChI=1S/C28H44N4O6/c1-6-7-8-16-30-25(35)24(19-12-14-22(33)18(2)17-19)32(20-10-9-11-20)26(36)21(13-15-23(29)34)31-27(37)38-28(3,4)5/h12,14,17,20-21,24,33H,6-11,13,15-16H2,1-5H3,(H2,29,34)(H,30,35)(H,31,37). The first-order valence-electron chi connectivity index (χ1n) is 13.5. The predicted molar refractivity (Wildman–Crippen MR) is 144 cm³/mol. The van der Waals surface area contributed by atoms with Crippen LogP contribution in [0.3, 0.4) is 0 Å². The van der Waals surface area contributed by atoms with Crippen LogP contribution in [-0.4, -0.2) is 58.1 Å². The van der Waals surface area contributed by atoms with E-state index in [2.05, 4.69) is 17.6 Å². The number of nitrogens with two attached hydrogens (primary N) is 1. The number of alkyl carbamates (subject to hydrolysis) is 1. The Morgan fingerprint density at radius 2 is 1.87 bits per heavy atom. The van der Waals surface area contributed by atoms with Crippen molar-refractivity contribution in [3.05, 3.63) is 29.3 Å². The van der Waals surface area contributed by atoms with Crippen molar-refractivity contribution in [1.29, 1.82) is 0 Å². The van der Waals surface area contributed by atoms with Gasteiger partial charge in [-0.25, -0.2) is 4.79 Å². The average Bonchev–Trinajstić information content (AvgIpc) is 2.78. The van der Waals surface area contributed by atoms with Gasteiger partial charge in [-0.05, 0) is 83.1 Å². The predicted octanol–water partition coefficient (Wildman–Crippen LogP) is 3.59. The van der Waals surface area contributed by atoms with E-state index >= 15 is 0 Å². The Morgan fingerprint density at radius 1 is 1.18 bits per heavy atom. The van der Waals surface area contributed by atoms with E-state index in [0.717, 1.165) is 25.7 Å². The molecule has 5 N–H and O–H groups in total. The van der Waals surface area contributed by atoms with Crippen molar-refractivity contribution in [3.8, 4) is 5.75 Å². The monoisotopic (exact) mass is 532 g/mol. The summed E-state index contributed by atoms with van der Waals surface area (Å²) in [6.07, 6.45) is 4.13. The zero-order valence-corrected chi connectivity index (χ0v) is 23.3. The summed E-state index contributed by atoms with van der Waals surface area (Å²) in [5, 5.41) is 15.7. The van der Waals surface area contributed by atoms with Crippen molar-refractivity contribution in [1.82, 2.24) is 15.5 Å². The fourth-order valence-electron chi connectivity index (χ4n) is 4.33. The molecule has 1 aliphatic rings. The maximum atomic E-state index is 14.1. The number of hydrogen-bond acceptors (Lipinski definition) is 6. The number of ether oxygens (including phenoxy) is 1. The van der Waals surface area contributed by atoms with E-state index in [1.807, 2.05) is 0 Å². The second-order valence-corrected chi connectivity index (χ2v) is 11.0. The summed E-state index contributed by atoms with van der Waals surface area (Å²) >= 11 is 0. The lowest BCUT2D eigenvalue weighted by Gasteiger charge is -2.43. The van der Waals surface area contributed by atoms with Gasteiger partial charge in [-0.3, -0.25) is 14.4 Å². The summed E-state index contributed by atoms with van der Waals surface area (Å²) in [6.45, 7) is 9.39. The number of primary amides is 1. The molecule has 0 aliphatic heterocycles. The van der Waals surface area contributed by atoms with Crippen LogP contribution in [0, 0.1) is 6.92 Å². The number of nitrogens with zero attached hydrogens (tertiary/aromatic N) is 1. The highest BCUT2D eigenvalue weighted by Crippen LogP contribution is 2.35. The van der Waals surface area contributed by atoms with Crippen LogP contribution in [0.2, 0.25) is 0 Å². The lowest BCUT2D eigenvalue weighted by atomic mass is 9.87. The van der Waals surface area contributed by atoms with Crippen LogP contribution in [0.1, 0.15) is 96.2 Å². The largest absolute Gasteiger partial charge is 0.508 e. The van der Waals surface area contributed by atoms with E-state index in [1.165, 1.54) is 11.0 Å². The normalized spacial score (nSPS) is 15.1. The summed E-state index contributed by atoms with van der Waals surface area (Å²) < 4.78 is 5.36. The number of amides is 4. The van der Waals surface area contributed by atoms with Crippen molar-refractivity contribution in [2.24, 2.45) is 5.73 Å². The smallest absolute Gasteiger partial charge is 0.408 e. The van der Waals surface area contributed by atoms with Gasteiger partial charge in [0.2, 0.25) is 17.7 Å². The maximum absolute atomic E-state index is 14.1. The fraction of sp³-hybridized carbons (Fsp3) is 0.643. The van der Waals surface area contributed by atoms with E-state index in [-0.39, 0.29) is 30.5 Å². The van der Waals surface area contributed by atoms with Crippen molar-refractivity contribution in [2.75, 3.05) is 6.54 Å². The number of rotatable bonds is 13. The SMILES string of the molecule is CCCCCNC(=O)C(c1ccc(O)c(C)c1)N(C(=O)C(CCC(N)=O)NC(=O)OC(C)(C)C)C1CCC1. The van der Waals surface area contributed by atoms with E-state index in [0.29, 0.717) is 30.5 Å². The van der Waals surface area contributed by atoms with E-state index in [1.54, 1.807) is 39.8 Å². The quantitative estimate of drug-likeness (QED) is 0.285. The third kappa shape index (κ3) is 9.22. The molecule has 0 spiro atoms. The van der Waals surface area contributed by atoms with Crippen molar-refractivity contribution in [2.45, 2.75) is 110 Å². The summed E-state index contributed by atoms with van der Waals surface area (Å²) in [6, 6.07) is 2.52. The molecule has 1 aliphatic carbocycles. The number of nitrogens with one attached hydrogen (secondary N) is 2. The molecule has 0 saturated heterocycles. The first-order valence-corrected chi connectivity index (χ1v) is 13.5. The number of aryl methyl sites for hydroxylation is 1. The minimum atomic E-state index is -1.12. The van der Waals surface area contributed by atoms with Gasteiger partial charge in [0, 0.05) is 19.0 Å². The summed E-state index contributed by atoms with van der Waals surface area (Å²) in [7, 11) is 0. The molecule has 0 heterocycles. The Morgan fingerprint density at radius 3 is 2.39 bits per heavy atom. The average molecular weight is 533 g/mol. The minimum Gasteiger partial charge on any atom is -0.508 e. The summed E-state index contributed by atoms with van der Waals surface area (Å²) in [4.78, 5) is 53.5. The molecule has 10 heteroatoms. The zero-order valence-electron chi connectivity index (χ0n) is 23.3. The van der Waals surface area contributed by atoms with E-state index in [9.17, 15) is 24.3 Å². The number of carbonyl (C=O) groups excluding carboxylic acids is 4. The Hall–Kier alpha value is -3.30. The van der Waals surface area contributed by atoms with Crippen LogP contribution in [-0.2, 0) is 19.1 Å². The lowest BCUT2D eigenvalue weighted by Crippen LogP contribution is -2.57. The second-order valence-electron chi connectivity index (χ2n) is 11.0. The highest BCUT2D eigenvalue weighted by molar-refractivity contribution is 5.92. The number of benzene rings is 1. The van der Waals surface area contributed by atoms with Crippen molar-refractivity contribution >= 4 is 23.8 Å². The molecule has 0 bridgehead atoms. The zero-order chi connectivity index (χ0) is 28.5. The Kier molecular flexibility index (Phi) is 11.4. The van der Waals surface area contributed by atoms with Crippen LogP contribution in [0.15, 0.2) is 18.2 Å². The maximum Gasteiger partial charge on any atom is 0.408 e. The summed E-state index contributed by atoms with van der Waals surface area (Å²) in [5.74, 6) is -1.34. The molecule has 2 unspecified atom stereocenters. The van der Waals surface area contributed by atoms with Crippen LogP contribution in [0.5, 0.6) is 5.75 Å². The van der Waals surface area contributed by atoms with Crippen LogP contribution in [0.25, 0.3) is 0 Å². The van der Waals surface area contributed by atoms with Gasteiger partial charge in [-0.1, -0.05) is 25.8 Å². The molecule has 212 valence electrons. The van der Waals surface area contributed by atoms with Crippen LogP contribution >= 0.6 is 0 Å². The van der Waals surface area contributed by atoms with Gasteiger partial charge >= 0.3 is 6.09 Å². The van der Waals surface area contributed by atoms with Gasteiger partial charge in [0.1, 0.15) is 23.4 Å². The van der Waals surface area contributed by atoms with Gasteiger partial charge in [0.15, 0.2) is 0 Å². The van der Waals surface area contributed by atoms with Crippen molar-refractivity contribution in [3.63, 3.8) is 0 Å². The lowest BCUT2D eigenvalue weighted by molar-refractivity contribution is -0.147. The third-order valence-corrected chi connectivity index (χ3v) is 6.53. The molecule has 2 rings (SSSR count). The summed E-state index contributed by atoms with van der Waals surface area (Å²) in [5.41, 5.74) is 5.70. The number of phenols is 1. The number of phenolic OH excluding ortho intramolecular Hbond substituents is 1. The Bertz CT molecular complexity index is 986. The Labute approximate surface area is 225 Å². The molecule has 0 aromatic heterocycles. The minimum absolute atomic E-state index is 0.0317. The highest BCUT2D eigenvalue weighted by atomic mass is 16.6. The molecule has 10 nitrogen and oxygen atoms in total. The van der Waals surface area contributed by atoms with Crippen LogP contribution < -0.4 is 16.4 Å². The third-order valence-electron chi connectivity index (χ3n) is 6.53. The van der Waals surface area contributed by atoms with E-state index in [4.69, 9.17) is 10.5 Å². The second kappa shape index (κ2) is 14.0. The first-order chi connectivity index (χ1) is 17.8. The van der Waals surface area contributed by atoms with E-state index < -0.39 is 35.6 Å². The fourth-order valence-corrected chi connectivity index (χ4v) is 4.33. The topological polar surface area (TPSA) is 151 Å². The van der Waals surface area contributed by atoms with Gasteiger partial charge < -0.3 is 31.1 Å². The van der Waals surface area contributed by atoms with Crippen molar-refractivity contribution < 1.29 is 29.0 Å². The van der Waals surface area contributed by atoms with Gasteiger partial charge in [-0.15, -0.1) is 0 Å². The molecule has 2 atom stereocenters. The molecule has 4 amide bonds. The number of aromatic hydroxyl groups is 1. The molecule has 0 radical (unpaired) electrons. The highest BCUT2D eigenvalue weighted by Gasteiger charge is 2.42.